The lowest BCUT2D eigenvalue weighted by Gasteiger charge is -2.36. The predicted molar refractivity (Wildman–Crippen MR) is 158 cm³/mol. The fraction of sp³-hybridized carbons (Fsp3) is 0.387. The number of carbonyl (C=O) groups is 3. The molecule has 40 heavy (non-hydrogen) atoms. The summed E-state index contributed by atoms with van der Waals surface area (Å²) in [5, 5.41) is 20.7. The fourth-order valence-electron chi connectivity index (χ4n) is 4.99. The molecule has 0 saturated carbocycles. The summed E-state index contributed by atoms with van der Waals surface area (Å²) in [5.41, 5.74) is 7.53. The Kier molecular flexibility index (Phi) is 11.8. The van der Waals surface area contributed by atoms with Gasteiger partial charge < -0.3 is 21.4 Å². The standard InChI is InChI=1S/C30H33ClN4O3.CH5N/c1-19-12-24(9-8-22(19)14-21(17-36)13-20(2)33)29(38)34-16-28(37)35-26(23-6-5-7-25(31)15-23)10-11-27(35)30(3,4)18-32;1-2/h5-9,12-13,15,17,26-27,33H,10-11,14,16H2,1-4H3,(H,34,38);2H2,1H3/b21-13-,33-20?;. The second-order valence-corrected chi connectivity index (χ2v) is 10.8. The van der Waals surface area contributed by atoms with Gasteiger partial charge in [0.15, 0.2) is 0 Å². The molecule has 0 aliphatic carbocycles. The highest BCUT2D eigenvalue weighted by atomic mass is 35.5. The quantitative estimate of drug-likeness (QED) is 0.225. The summed E-state index contributed by atoms with van der Waals surface area (Å²) >= 11 is 6.21. The Morgan fingerprint density at radius 1 is 1.23 bits per heavy atom. The molecule has 2 aromatic rings. The van der Waals surface area contributed by atoms with Crippen molar-refractivity contribution in [1.82, 2.24) is 10.2 Å². The van der Waals surface area contributed by atoms with E-state index in [0.29, 0.717) is 41.1 Å². The van der Waals surface area contributed by atoms with Crippen LogP contribution in [0.5, 0.6) is 0 Å². The number of rotatable bonds is 9. The SMILES string of the molecule is CC(=N)/C=C(\C=O)Cc1ccc(C(=O)NCC(=O)N2C(c3cccc(Cl)c3)CCC2C(C)(C)C#N)cc1C.CN. The zero-order valence-corrected chi connectivity index (χ0v) is 24.5. The molecule has 8 nitrogen and oxygen atoms in total. The molecule has 3 rings (SSSR count). The molecule has 212 valence electrons. The summed E-state index contributed by atoms with van der Waals surface area (Å²) in [7, 11) is 1.50. The van der Waals surface area contributed by atoms with Gasteiger partial charge in [0.25, 0.3) is 5.91 Å². The first-order valence-electron chi connectivity index (χ1n) is 13.1. The molecule has 0 radical (unpaired) electrons. The van der Waals surface area contributed by atoms with Gasteiger partial charge in [0, 0.05) is 22.7 Å². The van der Waals surface area contributed by atoms with Crippen LogP contribution in [0.1, 0.15) is 66.7 Å². The summed E-state index contributed by atoms with van der Waals surface area (Å²) in [6, 6.07) is 14.4. The molecular formula is C31H38ClN5O3. The maximum absolute atomic E-state index is 13.5. The Balaban J connectivity index is 0.00000274. The molecule has 0 bridgehead atoms. The number of nitrogens with one attached hydrogen (secondary N) is 2. The third kappa shape index (κ3) is 8.10. The lowest BCUT2D eigenvalue weighted by Crippen LogP contribution is -2.48. The van der Waals surface area contributed by atoms with Crippen LogP contribution in [-0.2, 0) is 16.0 Å². The molecule has 2 atom stereocenters. The summed E-state index contributed by atoms with van der Waals surface area (Å²) in [4.78, 5) is 39.5. The number of likely N-dealkylation sites (tertiary alicyclic amines) is 1. The van der Waals surface area contributed by atoms with E-state index >= 15 is 0 Å². The average molecular weight is 564 g/mol. The lowest BCUT2D eigenvalue weighted by molar-refractivity contribution is -0.134. The van der Waals surface area contributed by atoms with Crippen LogP contribution in [-0.4, -0.2) is 48.3 Å². The van der Waals surface area contributed by atoms with Gasteiger partial charge in [0.05, 0.1) is 30.1 Å². The van der Waals surface area contributed by atoms with Gasteiger partial charge in [0.2, 0.25) is 5.91 Å². The maximum atomic E-state index is 13.5. The topological polar surface area (TPSA) is 140 Å². The van der Waals surface area contributed by atoms with Crippen molar-refractivity contribution in [1.29, 1.82) is 10.7 Å². The Hall–Kier alpha value is -3.80. The Morgan fingerprint density at radius 3 is 2.50 bits per heavy atom. The molecule has 2 amide bonds. The summed E-state index contributed by atoms with van der Waals surface area (Å²) in [5.74, 6) is -0.644. The first kappa shape index (κ1) is 32.4. The van der Waals surface area contributed by atoms with Gasteiger partial charge >= 0.3 is 0 Å². The summed E-state index contributed by atoms with van der Waals surface area (Å²) in [6.45, 7) is 6.91. The van der Waals surface area contributed by atoms with Crippen molar-refractivity contribution < 1.29 is 14.4 Å². The summed E-state index contributed by atoms with van der Waals surface area (Å²) < 4.78 is 0. The number of benzene rings is 2. The number of aldehydes is 1. The minimum atomic E-state index is -0.759. The van der Waals surface area contributed by atoms with Crippen LogP contribution < -0.4 is 11.1 Å². The molecular weight excluding hydrogens is 526 g/mol. The minimum Gasteiger partial charge on any atom is -0.343 e. The van der Waals surface area contributed by atoms with Crippen molar-refractivity contribution in [3.8, 4) is 6.07 Å². The third-order valence-electron chi connectivity index (χ3n) is 6.98. The van der Waals surface area contributed by atoms with E-state index in [1.54, 1.807) is 36.1 Å². The van der Waals surface area contributed by atoms with Crippen LogP contribution in [0.3, 0.4) is 0 Å². The molecule has 0 spiro atoms. The first-order chi connectivity index (χ1) is 19.0. The molecule has 1 fully saturated rings. The first-order valence-corrected chi connectivity index (χ1v) is 13.5. The monoisotopic (exact) mass is 563 g/mol. The van der Waals surface area contributed by atoms with Crippen LogP contribution in [0.25, 0.3) is 0 Å². The van der Waals surface area contributed by atoms with Gasteiger partial charge in [-0.2, -0.15) is 5.26 Å². The predicted octanol–water partition coefficient (Wildman–Crippen LogP) is 4.94. The van der Waals surface area contributed by atoms with Crippen molar-refractivity contribution in [2.24, 2.45) is 11.1 Å². The van der Waals surface area contributed by atoms with Gasteiger partial charge in [0.1, 0.15) is 6.29 Å². The number of nitrogens with zero attached hydrogens (tertiary/aromatic N) is 2. The zero-order valence-electron chi connectivity index (χ0n) is 23.8. The molecule has 2 unspecified atom stereocenters. The molecule has 1 aliphatic rings. The van der Waals surface area contributed by atoms with Crippen LogP contribution in [0.2, 0.25) is 5.02 Å². The van der Waals surface area contributed by atoms with Crippen LogP contribution in [0.15, 0.2) is 54.1 Å². The van der Waals surface area contributed by atoms with Gasteiger partial charge in [-0.25, -0.2) is 0 Å². The number of amides is 2. The van der Waals surface area contributed by atoms with E-state index in [1.807, 2.05) is 39.0 Å². The molecule has 2 aromatic carbocycles. The van der Waals surface area contributed by atoms with E-state index in [4.69, 9.17) is 17.0 Å². The third-order valence-corrected chi connectivity index (χ3v) is 7.22. The second kappa shape index (κ2) is 14.5. The molecule has 4 N–H and O–H groups in total. The van der Waals surface area contributed by atoms with Gasteiger partial charge in [-0.1, -0.05) is 29.8 Å². The van der Waals surface area contributed by atoms with Crippen LogP contribution >= 0.6 is 11.6 Å². The number of aryl methyl sites for hydroxylation is 1. The van der Waals surface area contributed by atoms with E-state index < -0.39 is 5.41 Å². The number of halogens is 1. The van der Waals surface area contributed by atoms with E-state index in [-0.39, 0.29) is 30.4 Å². The minimum absolute atomic E-state index is 0.203. The number of nitriles is 1. The Labute approximate surface area is 241 Å². The highest BCUT2D eigenvalue weighted by Crippen LogP contribution is 2.43. The Morgan fingerprint density at radius 2 is 1.93 bits per heavy atom. The number of hydrogen-bond donors (Lipinski definition) is 3. The summed E-state index contributed by atoms with van der Waals surface area (Å²) in [6.07, 6.45) is 3.99. The molecule has 9 heteroatoms. The highest BCUT2D eigenvalue weighted by Gasteiger charge is 2.45. The van der Waals surface area contributed by atoms with E-state index in [1.165, 1.54) is 13.1 Å². The maximum Gasteiger partial charge on any atom is 0.251 e. The lowest BCUT2D eigenvalue weighted by atomic mass is 9.84. The van der Waals surface area contributed by atoms with Crippen LogP contribution in [0, 0.1) is 29.1 Å². The number of nitrogens with two attached hydrogens (primary N) is 1. The largest absolute Gasteiger partial charge is 0.343 e. The zero-order chi connectivity index (χ0) is 30.0. The van der Waals surface area contributed by atoms with Crippen molar-refractivity contribution in [3.63, 3.8) is 0 Å². The Bertz CT molecular complexity index is 1330. The van der Waals surface area contributed by atoms with Crippen LogP contribution in [0.4, 0.5) is 0 Å². The van der Waals surface area contributed by atoms with Crippen molar-refractivity contribution in [2.45, 2.75) is 59.0 Å². The normalized spacial score (nSPS) is 16.9. The van der Waals surface area contributed by atoms with Crippen molar-refractivity contribution >= 4 is 35.4 Å². The smallest absolute Gasteiger partial charge is 0.251 e. The number of hydrogen-bond acceptors (Lipinski definition) is 6. The van der Waals surface area contributed by atoms with Gasteiger partial charge in [-0.05, 0) is 100 Å². The molecule has 1 heterocycles. The van der Waals surface area contributed by atoms with E-state index in [2.05, 4.69) is 17.1 Å². The second-order valence-electron chi connectivity index (χ2n) is 10.3. The van der Waals surface area contributed by atoms with Gasteiger partial charge in [-0.3, -0.25) is 14.4 Å². The number of allylic oxidation sites excluding steroid dienone is 2. The fourth-order valence-corrected chi connectivity index (χ4v) is 5.19. The molecule has 1 aliphatic heterocycles. The molecule has 1 saturated heterocycles. The van der Waals surface area contributed by atoms with Gasteiger partial charge in [-0.15, -0.1) is 0 Å². The highest BCUT2D eigenvalue weighted by molar-refractivity contribution is 6.30. The van der Waals surface area contributed by atoms with Crippen molar-refractivity contribution in [3.05, 3.63) is 81.4 Å². The van der Waals surface area contributed by atoms with E-state index in [0.717, 1.165) is 23.0 Å². The van der Waals surface area contributed by atoms with E-state index in [9.17, 15) is 19.6 Å². The average Bonchev–Trinajstić information content (AvgIpc) is 3.39. The van der Waals surface area contributed by atoms with Crippen molar-refractivity contribution in [2.75, 3.05) is 13.6 Å². The molecule has 0 aromatic heterocycles. The number of carbonyl (C=O) groups excluding carboxylic acids is 3.